The van der Waals surface area contributed by atoms with Gasteiger partial charge in [-0.15, -0.1) is 0 Å². The Morgan fingerprint density at radius 3 is 2.60 bits per heavy atom. The van der Waals surface area contributed by atoms with Crippen molar-refractivity contribution in [1.82, 2.24) is 0 Å². The Bertz CT molecular complexity index is 530. The highest BCUT2D eigenvalue weighted by Gasteiger charge is 2.56. The van der Waals surface area contributed by atoms with Gasteiger partial charge in [-0.3, -0.25) is 9.59 Å². The zero-order valence-corrected chi connectivity index (χ0v) is 11.3. The van der Waals surface area contributed by atoms with Gasteiger partial charge in [-0.2, -0.15) is 0 Å². The number of carbonyl (C=O) groups is 2. The van der Waals surface area contributed by atoms with Crippen LogP contribution in [0.25, 0.3) is 0 Å². The molecule has 0 aliphatic heterocycles. The molecular weight excluding hydrogens is 254 g/mol. The van der Waals surface area contributed by atoms with E-state index in [1.165, 1.54) is 19.3 Å². The van der Waals surface area contributed by atoms with Crippen LogP contribution in [-0.4, -0.2) is 17.0 Å². The van der Waals surface area contributed by atoms with E-state index in [0.29, 0.717) is 18.3 Å². The number of anilines is 1. The number of aliphatic carboxylic acids is 1. The molecule has 2 N–H and O–H groups in total. The largest absolute Gasteiger partial charge is 0.481 e. The van der Waals surface area contributed by atoms with Crippen LogP contribution >= 0.6 is 0 Å². The van der Waals surface area contributed by atoms with Gasteiger partial charge in [-0.1, -0.05) is 24.6 Å². The molecule has 0 aromatic heterocycles. The summed E-state index contributed by atoms with van der Waals surface area (Å²) in [6.45, 7) is 0. The summed E-state index contributed by atoms with van der Waals surface area (Å²) < 4.78 is 0. The summed E-state index contributed by atoms with van der Waals surface area (Å²) in [5.41, 5.74) is 1.66. The number of hydrogen-bond donors (Lipinski definition) is 2. The van der Waals surface area contributed by atoms with Crippen LogP contribution in [0.4, 0.5) is 5.69 Å². The summed E-state index contributed by atoms with van der Waals surface area (Å²) in [6, 6.07) is 7.48. The first-order valence-corrected chi connectivity index (χ1v) is 7.27. The van der Waals surface area contributed by atoms with Gasteiger partial charge in [-0.25, -0.2) is 0 Å². The van der Waals surface area contributed by atoms with Gasteiger partial charge in [-0.05, 0) is 42.7 Å². The van der Waals surface area contributed by atoms with Crippen LogP contribution in [0, 0.1) is 17.8 Å². The molecule has 2 fully saturated rings. The van der Waals surface area contributed by atoms with Gasteiger partial charge in [0.1, 0.15) is 0 Å². The average Bonchev–Trinajstić information content (AvgIpc) is 2.91. The van der Waals surface area contributed by atoms with Crippen molar-refractivity contribution >= 4 is 17.6 Å². The van der Waals surface area contributed by atoms with Crippen LogP contribution in [0.5, 0.6) is 0 Å². The van der Waals surface area contributed by atoms with E-state index < -0.39 is 5.97 Å². The Balaban J connectivity index is 1.64. The Morgan fingerprint density at radius 2 is 1.90 bits per heavy atom. The van der Waals surface area contributed by atoms with Gasteiger partial charge < -0.3 is 10.4 Å². The fraction of sp³-hybridized carbons (Fsp3) is 0.500. The van der Waals surface area contributed by atoms with Gasteiger partial charge >= 0.3 is 5.97 Å². The second kappa shape index (κ2) is 5.27. The molecule has 0 radical (unpaired) electrons. The maximum Gasteiger partial charge on any atom is 0.303 e. The fourth-order valence-electron chi connectivity index (χ4n) is 3.53. The third kappa shape index (κ3) is 2.55. The minimum Gasteiger partial charge on any atom is -0.481 e. The Hall–Kier alpha value is -1.84. The molecular formula is C16H19NO3. The number of nitrogens with one attached hydrogen (secondary N) is 1. The SMILES string of the molecule is O=C(O)CCc1ccccc1NC(=O)C1C2CCCC21. The fourth-order valence-corrected chi connectivity index (χ4v) is 3.53. The quantitative estimate of drug-likeness (QED) is 0.866. The Kier molecular flexibility index (Phi) is 3.47. The highest BCUT2D eigenvalue weighted by molar-refractivity contribution is 5.95. The van der Waals surface area contributed by atoms with Crippen LogP contribution in [0.2, 0.25) is 0 Å². The molecule has 4 heteroatoms. The monoisotopic (exact) mass is 273 g/mol. The second-order valence-electron chi connectivity index (χ2n) is 5.82. The molecule has 0 spiro atoms. The summed E-state index contributed by atoms with van der Waals surface area (Å²) in [5.74, 6) is 0.684. The van der Waals surface area contributed by atoms with Crippen molar-refractivity contribution in [2.24, 2.45) is 17.8 Å². The number of amides is 1. The van der Waals surface area contributed by atoms with E-state index in [1.807, 2.05) is 24.3 Å². The maximum absolute atomic E-state index is 12.3. The number of carboxylic acid groups (broad SMARTS) is 1. The number of benzene rings is 1. The van der Waals surface area contributed by atoms with E-state index in [0.717, 1.165) is 11.3 Å². The second-order valence-corrected chi connectivity index (χ2v) is 5.82. The molecule has 106 valence electrons. The van der Waals surface area contributed by atoms with Gasteiger partial charge in [0.2, 0.25) is 5.91 Å². The van der Waals surface area contributed by atoms with Crippen molar-refractivity contribution < 1.29 is 14.7 Å². The van der Waals surface area contributed by atoms with Crippen molar-refractivity contribution in [2.75, 3.05) is 5.32 Å². The molecule has 3 rings (SSSR count). The molecule has 2 atom stereocenters. The third-order valence-electron chi connectivity index (χ3n) is 4.59. The first kappa shape index (κ1) is 13.2. The first-order valence-electron chi connectivity index (χ1n) is 7.27. The molecule has 0 bridgehead atoms. The van der Waals surface area contributed by atoms with Crippen molar-refractivity contribution in [2.45, 2.75) is 32.1 Å². The van der Waals surface area contributed by atoms with Crippen molar-refractivity contribution in [3.05, 3.63) is 29.8 Å². The number of rotatable bonds is 5. The molecule has 1 aromatic rings. The summed E-state index contributed by atoms with van der Waals surface area (Å²) in [4.78, 5) is 22.9. The third-order valence-corrected chi connectivity index (χ3v) is 4.59. The van der Waals surface area contributed by atoms with E-state index in [2.05, 4.69) is 5.32 Å². The van der Waals surface area contributed by atoms with Gasteiger partial charge in [0.05, 0.1) is 0 Å². The number of carbonyl (C=O) groups excluding carboxylic acids is 1. The van der Waals surface area contributed by atoms with Gasteiger partial charge in [0, 0.05) is 18.0 Å². The highest BCUT2D eigenvalue weighted by Crippen LogP contribution is 2.57. The van der Waals surface area contributed by atoms with Crippen LogP contribution < -0.4 is 5.32 Å². The lowest BCUT2D eigenvalue weighted by atomic mass is 10.1. The average molecular weight is 273 g/mol. The number of carboxylic acids is 1. The molecule has 4 nitrogen and oxygen atoms in total. The van der Waals surface area contributed by atoms with E-state index in [4.69, 9.17) is 5.11 Å². The molecule has 0 saturated heterocycles. The lowest BCUT2D eigenvalue weighted by Crippen LogP contribution is -2.17. The smallest absolute Gasteiger partial charge is 0.303 e. The molecule has 2 aliphatic carbocycles. The molecule has 1 aromatic carbocycles. The van der Waals surface area contributed by atoms with E-state index in [1.54, 1.807) is 0 Å². The van der Waals surface area contributed by atoms with E-state index in [-0.39, 0.29) is 18.2 Å². The highest BCUT2D eigenvalue weighted by atomic mass is 16.4. The molecule has 2 aliphatic rings. The molecule has 0 heterocycles. The number of aryl methyl sites for hydroxylation is 1. The minimum atomic E-state index is -0.817. The lowest BCUT2D eigenvalue weighted by molar-refractivity contribution is -0.137. The summed E-state index contributed by atoms with van der Waals surface area (Å²) in [7, 11) is 0. The zero-order valence-electron chi connectivity index (χ0n) is 11.3. The van der Waals surface area contributed by atoms with Crippen LogP contribution in [0.1, 0.15) is 31.2 Å². The molecule has 1 amide bonds. The van der Waals surface area contributed by atoms with Crippen LogP contribution in [0.3, 0.4) is 0 Å². The Morgan fingerprint density at radius 1 is 1.20 bits per heavy atom. The predicted octanol–water partition coefficient (Wildman–Crippen LogP) is 2.69. The van der Waals surface area contributed by atoms with Crippen molar-refractivity contribution in [3.63, 3.8) is 0 Å². The summed E-state index contributed by atoms with van der Waals surface area (Å²) in [5, 5.41) is 11.8. The standard InChI is InChI=1S/C16H19NO3/c18-14(19)9-8-10-4-1-2-7-13(10)17-16(20)15-11-5-3-6-12(11)15/h1-2,4,7,11-12,15H,3,5-6,8-9H2,(H,17,20)(H,18,19). The van der Waals surface area contributed by atoms with Gasteiger partial charge in [0.15, 0.2) is 0 Å². The molecule has 20 heavy (non-hydrogen) atoms. The predicted molar refractivity (Wildman–Crippen MR) is 75.3 cm³/mol. The van der Waals surface area contributed by atoms with Crippen molar-refractivity contribution in [3.8, 4) is 0 Å². The zero-order chi connectivity index (χ0) is 14.1. The van der Waals surface area contributed by atoms with Crippen LogP contribution in [0.15, 0.2) is 24.3 Å². The first-order chi connectivity index (χ1) is 9.66. The number of hydrogen-bond acceptors (Lipinski definition) is 2. The topological polar surface area (TPSA) is 66.4 Å². The lowest BCUT2D eigenvalue weighted by Gasteiger charge is -2.11. The normalized spacial score (nSPS) is 26.9. The van der Waals surface area contributed by atoms with Crippen LogP contribution in [-0.2, 0) is 16.0 Å². The Labute approximate surface area is 118 Å². The summed E-state index contributed by atoms with van der Waals surface area (Å²) >= 11 is 0. The van der Waals surface area contributed by atoms with Gasteiger partial charge in [0.25, 0.3) is 0 Å². The number of para-hydroxylation sites is 1. The summed E-state index contributed by atoms with van der Waals surface area (Å²) in [6.07, 6.45) is 4.16. The van der Waals surface area contributed by atoms with E-state index >= 15 is 0 Å². The maximum atomic E-state index is 12.3. The molecule has 2 unspecified atom stereocenters. The van der Waals surface area contributed by atoms with E-state index in [9.17, 15) is 9.59 Å². The minimum absolute atomic E-state index is 0.0849. The molecule has 2 saturated carbocycles. The number of fused-ring (bicyclic) bond motifs is 1. The van der Waals surface area contributed by atoms with Crippen molar-refractivity contribution in [1.29, 1.82) is 0 Å².